The van der Waals surface area contributed by atoms with Gasteiger partial charge in [0.25, 0.3) is 5.56 Å². The fraction of sp³-hybridized carbons (Fsp3) is 0.353. The minimum Gasteiger partial charge on any atom is -0.508 e. The second-order valence-electron chi connectivity index (χ2n) is 5.57. The van der Waals surface area contributed by atoms with Crippen molar-refractivity contribution in [2.75, 3.05) is 11.4 Å². The lowest BCUT2D eigenvalue weighted by atomic mass is 10.2. The summed E-state index contributed by atoms with van der Waals surface area (Å²) in [6.45, 7) is 5.38. The first-order valence-electron chi connectivity index (χ1n) is 8.04. The Morgan fingerprint density at radius 3 is 2.79 bits per heavy atom. The lowest BCUT2D eigenvalue weighted by Crippen LogP contribution is -2.24. The third kappa shape index (κ3) is 3.26. The van der Waals surface area contributed by atoms with Crippen LogP contribution in [0.3, 0.4) is 0 Å². The number of para-hydroxylation sites is 1. The van der Waals surface area contributed by atoms with E-state index < -0.39 is 0 Å². The molecule has 2 aromatic heterocycles. The number of anilines is 1. The Morgan fingerprint density at radius 1 is 1.29 bits per heavy atom. The van der Waals surface area contributed by atoms with Crippen molar-refractivity contribution in [3.8, 4) is 5.75 Å². The van der Waals surface area contributed by atoms with Crippen molar-refractivity contribution in [2.45, 2.75) is 33.2 Å². The number of aryl methyl sites for hydroxylation is 1. The van der Waals surface area contributed by atoms with Crippen molar-refractivity contribution in [3.63, 3.8) is 0 Å². The summed E-state index contributed by atoms with van der Waals surface area (Å²) in [6.07, 6.45) is 1.65. The van der Waals surface area contributed by atoms with Crippen LogP contribution in [0, 0.1) is 0 Å². The summed E-state index contributed by atoms with van der Waals surface area (Å²) < 4.78 is 1.35. The molecule has 0 amide bonds. The molecule has 0 saturated carbocycles. The van der Waals surface area contributed by atoms with Crippen molar-refractivity contribution < 1.29 is 5.11 Å². The molecule has 0 unspecified atom stereocenters. The second kappa shape index (κ2) is 7.00. The third-order valence-electron chi connectivity index (χ3n) is 3.77. The minimum atomic E-state index is -0.154. The molecule has 2 heterocycles. The number of aromatic nitrogens is 3. The van der Waals surface area contributed by atoms with Crippen molar-refractivity contribution in [3.05, 3.63) is 51.9 Å². The fourth-order valence-electron chi connectivity index (χ4n) is 2.52. The van der Waals surface area contributed by atoms with Gasteiger partial charge >= 0.3 is 0 Å². The number of phenols is 1. The van der Waals surface area contributed by atoms with E-state index in [0.717, 1.165) is 35.8 Å². The Hall–Kier alpha value is -2.41. The zero-order valence-corrected chi connectivity index (χ0v) is 14.6. The number of nitrogens with zero attached hydrogens (tertiary/aromatic N) is 4. The van der Waals surface area contributed by atoms with Gasteiger partial charge in [-0.1, -0.05) is 43.4 Å². The van der Waals surface area contributed by atoms with Gasteiger partial charge in [0.1, 0.15) is 5.75 Å². The molecule has 0 aliphatic rings. The summed E-state index contributed by atoms with van der Waals surface area (Å²) in [5.74, 6) is 0.267. The molecule has 0 radical (unpaired) electrons. The Balaban J connectivity index is 1.99. The van der Waals surface area contributed by atoms with E-state index in [9.17, 15) is 9.90 Å². The number of fused-ring (bicyclic) bond motifs is 1. The summed E-state index contributed by atoms with van der Waals surface area (Å²) in [5.41, 5.74) is 1.45. The average molecular weight is 344 g/mol. The van der Waals surface area contributed by atoms with E-state index in [4.69, 9.17) is 0 Å². The molecular weight excluding hydrogens is 324 g/mol. The van der Waals surface area contributed by atoms with Crippen LogP contribution in [0.1, 0.15) is 31.5 Å². The number of aromatic hydroxyl groups is 1. The standard InChI is InChI=1S/C17H20N4O2S/c1-3-9-20(11-12-7-5-6-8-14(12)22)17-19-21-15(23)10-13(4-2)18-16(21)24-17/h5-8,10,22H,3-4,9,11H2,1-2H3. The fourth-order valence-corrected chi connectivity index (χ4v) is 3.47. The first-order valence-corrected chi connectivity index (χ1v) is 8.85. The van der Waals surface area contributed by atoms with Gasteiger partial charge in [-0.25, -0.2) is 4.98 Å². The molecule has 0 atom stereocenters. The van der Waals surface area contributed by atoms with Crippen molar-refractivity contribution in [2.24, 2.45) is 0 Å². The maximum absolute atomic E-state index is 12.2. The number of rotatable bonds is 6. The molecule has 24 heavy (non-hydrogen) atoms. The predicted octanol–water partition coefficient (Wildman–Crippen LogP) is 2.84. The zero-order chi connectivity index (χ0) is 17.1. The molecule has 3 aromatic rings. The van der Waals surface area contributed by atoms with Gasteiger partial charge in [-0.15, -0.1) is 5.10 Å². The molecule has 0 aliphatic carbocycles. The molecule has 1 N–H and O–H groups in total. The Labute approximate surface area is 144 Å². The number of benzene rings is 1. The smallest absolute Gasteiger partial charge is 0.275 e. The largest absolute Gasteiger partial charge is 0.508 e. The van der Waals surface area contributed by atoms with Gasteiger partial charge in [0, 0.05) is 30.4 Å². The topological polar surface area (TPSA) is 70.7 Å². The molecule has 3 rings (SSSR count). The lowest BCUT2D eigenvalue weighted by Gasteiger charge is -2.21. The number of phenolic OH excluding ortho intramolecular Hbond substituents is 1. The van der Waals surface area contributed by atoms with Crippen LogP contribution >= 0.6 is 11.3 Å². The first-order chi connectivity index (χ1) is 11.6. The van der Waals surface area contributed by atoms with E-state index in [0.29, 0.717) is 11.5 Å². The van der Waals surface area contributed by atoms with Crippen LogP contribution < -0.4 is 10.5 Å². The van der Waals surface area contributed by atoms with Crippen molar-refractivity contribution in [1.82, 2.24) is 14.6 Å². The van der Waals surface area contributed by atoms with E-state index in [1.165, 1.54) is 21.9 Å². The molecule has 0 spiro atoms. The van der Waals surface area contributed by atoms with Crippen molar-refractivity contribution in [1.29, 1.82) is 0 Å². The van der Waals surface area contributed by atoms with Gasteiger partial charge in [0.2, 0.25) is 10.1 Å². The molecule has 126 valence electrons. The molecule has 0 fully saturated rings. The minimum absolute atomic E-state index is 0.154. The van der Waals surface area contributed by atoms with Crippen LogP contribution in [-0.4, -0.2) is 26.2 Å². The molecule has 0 aliphatic heterocycles. The van der Waals surface area contributed by atoms with Gasteiger partial charge in [-0.05, 0) is 18.9 Å². The maximum Gasteiger partial charge on any atom is 0.275 e. The quantitative estimate of drug-likeness (QED) is 0.744. The van der Waals surface area contributed by atoms with Crippen LogP contribution in [0.5, 0.6) is 5.75 Å². The van der Waals surface area contributed by atoms with E-state index in [1.807, 2.05) is 19.1 Å². The van der Waals surface area contributed by atoms with E-state index >= 15 is 0 Å². The highest BCUT2D eigenvalue weighted by atomic mass is 32.1. The summed E-state index contributed by atoms with van der Waals surface area (Å²) in [4.78, 5) is 19.3. The predicted molar refractivity (Wildman–Crippen MR) is 96.0 cm³/mol. The monoisotopic (exact) mass is 344 g/mol. The van der Waals surface area contributed by atoms with Crippen molar-refractivity contribution >= 4 is 21.4 Å². The van der Waals surface area contributed by atoms with E-state index in [-0.39, 0.29) is 11.3 Å². The van der Waals surface area contributed by atoms with Gasteiger partial charge in [-0.2, -0.15) is 4.52 Å². The maximum atomic E-state index is 12.2. The molecule has 0 bridgehead atoms. The molecule has 7 heteroatoms. The van der Waals surface area contributed by atoms with Gasteiger partial charge in [0.05, 0.1) is 0 Å². The lowest BCUT2D eigenvalue weighted by molar-refractivity contribution is 0.467. The third-order valence-corrected chi connectivity index (χ3v) is 4.74. The molecular formula is C17H20N4O2S. The average Bonchev–Trinajstić information content (AvgIpc) is 3.01. The highest BCUT2D eigenvalue weighted by molar-refractivity contribution is 7.20. The van der Waals surface area contributed by atoms with Crippen LogP contribution in [0.4, 0.5) is 5.13 Å². The highest BCUT2D eigenvalue weighted by Gasteiger charge is 2.16. The second-order valence-corrected chi connectivity index (χ2v) is 6.50. The molecule has 0 saturated heterocycles. The molecule has 1 aromatic carbocycles. The van der Waals surface area contributed by atoms with E-state index in [2.05, 4.69) is 21.9 Å². The van der Waals surface area contributed by atoms with E-state index in [1.54, 1.807) is 12.1 Å². The normalized spacial score (nSPS) is 11.1. The van der Waals surface area contributed by atoms with Gasteiger partial charge in [-0.3, -0.25) is 4.79 Å². The van der Waals surface area contributed by atoms with Crippen LogP contribution in [-0.2, 0) is 13.0 Å². The zero-order valence-electron chi connectivity index (χ0n) is 13.8. The first kappa shape index (κ1) is 16.4. The Morgan fingerprint density at radius 2 is 2.08 bits per heavy atom. The molecule has 6 nitrogen and oxygen atoms in total. The SMILES string of the molecule is CCCN(Cc1ccccc1O)c1nn2c(=O)cc(CC)nc2s1. The van der Waals surface area contributed by atoms with Gasteiger partial charge < -0.3 is 10.0 Å². The number of hydrogen-bond acceptors (Lipinski definition) is 6. The summed E-state index contributed by atoms with van der Waals surface area (Å²) in [6, 6.07) is 8.81. The van der Waals surface area contributed by atoms with Crippen LogP contribution in [0.25, 0.3) is 4.96 Å². The highest BCUT2D eigenvalue weighted by Crippen LogP contribution is 2.26. The summed E-state index contributed by atoms with van der Waals surface area (Å²) in [5, 5.41) is 15.2. The Kier molecular flexibility index (Phi) is 4.80. The van der Waals surface area contributed by atoms with Crippen LogP contribution in [0.2, 0.25) is 0 Å². The van der Waals surface area contributed by atoms with Gasteiger partial charge in [0.15, 0.2) is 0 Å². The summed E-state index contributed by atoms with van der Waals surface area (Å²) >= 11 is 1.40. The number of hydrogen-bond donors (Lipinski definition) is 1. The Bertz CT molecular complexity index is 903. The van der Waals surface area contributed by atoms with Crippen LogP contribution in [0.15, 0.2) is 35.1 Å². The summed E-state index contributed by atoms with van der Waals surface area (Å²) in [7, 11) is 0.